The van der Waals surface area contributed by atoms with E-state index in [9.17, 15) is 0 Å². The molecule has 2 aliphatic heterocycles. The third-order valence-electron chi connectivity index (χ3n) is 6.02. The molecule has 0 saturated carbocycles. The Morgan fingerprint density at radius 1 is 1.09 bits per heavy atom. The molecule has 1 N–H and O–H groups in total. The van der Waals surface area contributed by atoms with Crippen molar-refractivity contribution in [1.29, 1.82) is 0 Å². The van der Waals surface area contributed by atoms with E-state index in [1.807, 2.05) is 6.07 Å². The van der Waals surface area contributed by atoms with Crippen LogP contribution in [0.1, 0.15) is 30.7 Å². The Bertz CT molecular complexity index is 848. The highest BCUT2D eigenvalue weighted by molar-refractivity contribution is 5.80. The highest BCUT2D eigenvalue weighted by Gasteiger charge is 2.20. The fourth-order valence-corrected chi connectivity index (χ4v) is 4.38. The minimum absolute atomic E-state index is 0.315. The summed E-state index contributed by atoms with van der Waals surface area (Å²) in [6.07, 6.45) is 1.95. The van der Waals surface area contributed by atoms with Crippen molar-refractivity contribution in [2.24, 2.45) is 4.99 Å². The van der Waals surface area contributed by atoms with E-state index in [1.54, 1.807) is 6.26 Å². The summed E-state index contributed by atoms with van der Waals surface area (Å²) in [6, 6.07) is 10.8. The number of morpholine rings is 1. The number of benzene rings is 1. The lowest BCUT2D eigenvalue weighted by atomic mass is 10.1. The van der Waals surface area contributed by atoms with Crippen molar-refractivity contribution < 1.29 is 9.26 Å². The number of aromatic nitrogens is 1. The van der Waals surface area contributed by atoms with E-state index in [0.717, 1.165) is 77.2 Å². The quantitative estimate of drug-likeness (QED) is 0.523. The van der Waals surface area contributed by atoms with Gasteiger partial charge >= 0.3 is 0 Å². The van der Waals surface area contributed by atoms with Crippen molar-refractivity contribution in [3.63, 3.8) is 0 Å². The molecule has 2 fully saturated rings. The predicted molar refractivity (Wildman–Crippen MR) is 125 cm³/mol. The average Bonchev–Trinajstić information content (AvgIpc) is 3.31. The molecule has 1 aromatic carbocycles. The zero-order valence-electron chi connectivity index (χ0n) is 19.4. The summed E-state index contributed by atoms with van der Waals surface area (Å²) in [5.74, 6) is 1.00. The van der Waals surface area contributed by atoms with Gasteiger partial charge in [-0.05, 0) is 25.0 Å². The lowest BCUT2D eigenvalue weighted by Crippen LogP contribution is -2.52. The fourth-order valence-electron chi connectivity index (χ4n) is 4.38. The van der Waals surface area contributed by atoms with Crippen molar-refractivity contribution >= 4 is 5.96 Å². The van der Waals surface area contributed by atoms with Crippen LogP contribution in [0.3, 0.4) is 0 Å². The molecule has 174 valence electrons. The highest BCUT2D eigenvalue weighted by Crippen LogP contribution is 2.13. The fraction of sp³-hybridized carbons (Fsp3) is 0.583. The van der Waals surface area contributed by atoms with Gasteiger partial charge in [-0.2, -0.15) is 0 Å². The summed E-state index contributed by atoms with van der Waals surface area (Å²) >= 11 is 0. The number of rotatable bonds is 7. The van der Waals surface area contributed by atoms with Crippen LogP contribution in [-0.4, -0.2) is 84.3 Å². The van der Waals surface area contributed by atoms with Crippen LogP contribution >= 0.6 is 0 Å². The Balaban J connectivity index is 1.32. The number of guanidine groups is 1. The van der Waals surface area contributed by atoms with Crippen molar-refractivity contribution in [2.75, 3.05) is 52.4 Å². The molecule has 1 unspecified atom stereocenters. The van der Waals surface area contributed by atoms with Gasteiger partial charge in [0.15, 0.2) is 5.96 Å². The lowest BCUT2D eigenvalue weighted by molar-refractivity contribution is -0.0212. The molecule has 8 nitrogen and oxygen atoms in total. The van der Waals surface area contributed by atoms with Crippen LogP contribution in [0.25, 0.3) is 0 Å². The zero-order valence-corrected chi connectivity index (χ0v) is 19.4. The molecule has 2 saturated heterocycles. The van der Waals surface area contributed by atoms with Gasteiger partial charge in [0.25, 0.3) is 0 Å². The first-order valence-electron chi connectivity index (χ1n) is 11.8. The smallest absolute Gasteiger partial charge is 0.194 e. The molecule has 0 spiro atoms. The van der Waals surface area contributed by atoms with E-state index in [4.69, 9.17) is 14.3 Å². The molecule has 1 atom stereocenters. The Kier molecular flexibility index (Phi) is 8.14. The molecule has 2 aromatic rings. The van der Waals surface area contributed by atoms with E-state index < -0.39 is 0 Å². The number of ether oxygens (including phenoxy) is 1. The second-order valence-electron chi connectivity index (χ2n) is 8.66. The maximum absolute atomic E-state index is 5.67. The average molecular weight is 441 g/mol. The van der Waals surface area contributed by atoms with Crippen molar-refractivity contribution in [2.45, 2.75) is 39.6 Å². The van der Waals surface area contributed by atoms with Crippen molar-refractivity contribution in [1.82, 2.24) is 25.2 Å². The van der Waals surface area contributed by atoms with Crippen molar-refractivity contribution in [3.8, 4) is 0 Å². The van der Waals surface area contributed by atoms with E-state index in [2.05, 4.69) is 63.3 Å². The summed E-state index contributed by atoms with van der Waals surface area (Å²) in [5.41, 5.74) is 3.59. The zero-order chi connectivity index (χ0) is 22.2. The molecule has 4 rings (SSSR count). The predicted octanol–water partition coefficient (Wildman–Crippen LogP) is 2.18. The molecule has 0 amide bonds. The van der Waals surface area contributed by atoms with Gasteiger partial charge in [-0.15, -0.1) is 0 Å². The third-order valence-corrected chi connectivity index (χ3v) is 6.02. The van der Waals surface area contributed by atoms with Gasteiger partial charge < -0.3 is 19.5 Å². The molecule has 0 bridgehead atoms. The van der Waals surface area contributed by atoms with Crippen LogP contribution in [0, 0.1) is 0 Å². The standard InChI is InChI=1S/C24H36N6O2/c1-3-25-24(30-10-8-28(9-11-30)19-23-7-13-32-27-23)26-16-21-5-4-6-22(15-21)18-29-12-14-31-20(2)17-29/h4-7,13,15,20H,3,8-12,14,16-19H2,1-2H3,(H,25,26). The van der Waals surface area contributed by atoms with Crippen LogP contribution in [0.4, 0.5) is 0 Å². The van der Waals surface area contributed by atoms with Gasteiger partial charge in [0, 0.05) is 65.0 Å². The minimum Gasteiger partial charge on any atom is -0.376 e. The van der Waals surface area contributed by atoms with Gasteiger partial charge in [0.2, 0.25) is 0 Å². The maximum Gasteiger partial charge on any atom is 0.194 e. The number of piperazine rings is 1. The Labute approximate surface area is 191 Å². The SMILES string of the molecule is CCNC(=NCc1cccc(CN2CCOC(C)C2)c1)N1CCN(Cc2ccon2)CC1. The van der Waals surface area contributed by atoms with E-state index in [-0.39, 0.29) is 0 Å². The van der Waals surface area contributed by atoms with E-state index in [1.165, 1.54) is 11.1 Å². The van der Waals surface area contributed by atoms with Gasteiger partial charge in [-0.3, -0.25) is 9.80 Å². The molecule has 2 aliphatic rings. The van der Waals surface area contributed by atoms with Gasteiger partial charge in [-0.25, -0.2) is 4.99 Å². The number of hydrogen-bond donors (Lipinski definition) is 1. The largest absolute Gasteiger partial charge is 0.376 e. The molecule has 32 heavy (non-hydrogen) atoms. The molecule has 0 radical (unpaired) electrons. The van der Waals surface area contributed by atoms with E-state index in [0.29, 0.717) is 12.6 Å². The first-order valence-corrected chi connectivity index (χ1v) is 11.8. The summed E-state index contributed by atoms with van der Waals surface area (Å²) in [5, 5.41) is 7.50. The number of aliphatic imine (C=N–C) groups is 1. The molecular weight excluding hydrogens is 404 g/mol. The normalized spacial score (nSPS) is 21.1. The number of hydrogen-bond acceptors (Lipinski definition) is 6. The van der Waals surface area contributed by atoms with Gasteiger partial charge in [-0.1, -0.05) is 29.4 Å². The molecule has 3 heterocycles. The highest BCUT2D eigenvalue weighted by atomic mass is 16.5. The Morgan fingerprint density at radius 3 is 2.69 bits per heavy atom. The minimum atomic E-state index is 0.315. The molecule has 0 aliphatic carbocycles. The van der Waals surface area contributed by atoms with Crippen LogP contribution in [0.2, 0.25) is 0 Å². The maximum atomic E-state index is 5.67. The Hall–Kier alpha value is -2.42. The Morgan fingerprint density at radius 2 is 1.94 bits per heavy atom. The summed E-state index contributed by atoms with van der Waals surface area (Å²) < 4.78 is 10.6. The first kappa shape index (κ1) is 22.8. The monoisotopic (exact) mass is 440 g/mol. The summed E-state index contributed by atoms with van der Waals surface area (Å²) in [4.78, 5) is 12.2. The molecule has 8 heteroatoms. The van der Waals surface area contributed by atoms with E-state index >= 15 is 0 Å². The van der Waals surface area contributed by atoms with Crippen molar-refractivity contribution in [3.05, 3.63) is 53.4 Å². The van der Waals surface area contributed by atoms with Crippen LogP contribution in [-0.2, 0) is 24.4 Å². The van der Waals surface area contributed by atoms with Crippen LogP contribution < -0.4 is 5.32 Å². The lowest BCUT2D eigenvalue weighted by Gasteiger charge is -2.36. The third kappa shape index (κ3) is 6.54. The number of nitrogens with one attached hydrogen (secondary N) is 1. The second-order valence-corrected chi connectivity index (χ2v) is 8.66. The number of nitrogens with zero attached hydrogens (tertiary/aromatic N) is 5. The molecular formula is C24H36N6O2. The first-order chi connectivity index (χ1) is 15.7. The molecule has 1 aromatic heterocycles. The van der Waals surface area contributed by atoms with Gasteiger partial charge in [0.05, 0.1) is 24.9 Å². The summed E-state index contributed by atoms with van der Waals surface area (Å²) in [7, 11) is 0. The van der Waals surface area contributed by atoms with Crippen LogP contribution in [0.5, 0.6) is 0 Å². The van der Waals surface area contributed by atoms with Gasteiger partial charge in [0.1, 0.15) is 6.26 Å². The van der Waals surface area contributed by atoms with Crippen LogP contribution in [0.15, 0.2) is 46.1 Å². The second kappa shape index (κ2) is 11.4. The summed E-state index contributed by atoms with van der Waals surface area (Å²) in [6.45, 7) is 14.4. The topological polar surface area (TPSA) is 69.4 Å².